The lowest BCUT2D eigenvalue weighted by Crippen LogP contribution is -1.62. The van der Waals surface area contributed by atoms with Crippen LogP contribution in [0, 0.1) is 3.95 Å². The molecule has 0 amide bonds. The van der Waals surface area contributed by atoms with Gasteiger partial charge in [0.2, 0.25) is 0 Å². The molecule has 0 spiro atoms. The second-order valence-electron chi connectivity index (χ2n) is 2.01. The van der Waals surface area contributed by atoms with Gasteiger partial charge in [-0.25, -0.2) is 0 Å². The van der Waals surface area contributed by atoms with Crippen LogP contribution >= 0.6 is 23.6 Å². The van der Waals surface area contributed by atoms with Crippen LogP contribution in [0.4, 0.5) is 0 Å². The van der Waals surface area contributed by atoms with E-state index in [-0.39, 0.29) is 0 Å². The van der Waals surface area contributed by atoms with E-state index in [1.165, 1.54) is 4.70 Å². The van der Waals surface area contributed by atoms with Crippen molar-refractivity contribution in [1.29, 1.82) is 0 Å². The summed E-state index contributed by atoms with van der Waals surface area (Å²) in [7, 11) is 0. The molecule has 1 heterocycles. The van der Waals surface area contributed by atoms with Crippen molar-refractivity contribution >= 4 is 33.8 Å². The van der Waals surface area contributed by atoms with Gasteiger partial charge in [-0.05, 0) is 24.4 Å². The molecule has 0 saturated heterocycles. The lowest BCUT2D eigenvalue weighted by molar-refractivity contribution is 1.47. The molecule has 0 radical (unpaired) electrons. The van der Waals surface area contributed by atoms with Crippen molar-refractivity contribution < 1.29 is 0 Å². The molecule has 1 nitrogen and oxygen atoms in total. The first-order valence-electron chi connectivity index (χ1n) is 3.94. The Labute approximate surface area is 81.1 Å². The largest absolute Gasteiger partial charge is 0.337 e. The van der Waals surface area contributed by atoms with Crippen LogP contribution in [0.3, 0.4) is 0 Å². The predicted molar refractivity (Wildman–Crippen MR) is 58.4 cm³/mol. The maximum Gasteiger partial charge on any atom is 0.159 e. The molecule has 12 heavy (non-hydrogen) atoms. The molecular formula is C9H11NS2. The molecule has 0 aliphatic rings. The van der Waals surface area contributed by atoms with Crippen LogP contribution in [0.1, 0.15) is 13.8 Å². The Bertz CT molecular complexity index is 364. The minimum Gasteiger partial charge on any atom is -0.337 e. The Morgan fingerprint density at radius 2 is 1.92 bits per heavy atom. The van der Waals surface area contributed by atoms with Gasteiger partial charge < -0.3 is 4.98 Å². The van der Waals surface area contributed by atoms with E-state index < -0.39 is 0 Å². The zero-order valence-electron chi connectivity index (χ0n) is 7.13. The normalized spacial score (nSPS) is 9.17. The fourth-order valence-electron chi connectivity index (χ4n) is 0.894. The van der Waals surface area contributed by atoms with Gasteiger partial charge in [0.1, 0.15) is 0 Å². The van der Waals surface area contributed by atoms with Crippen LogP contribution in [-0.2, 0) is 0 Å². The van der Waals surface area contributed by atoms with Gasteiger partial charge >= 0.3 is 0 Å². The molecule has 0 aliphatic carbocycles. The van der Waals surface area contributed by atoms with E-state index in [9.17, 15) is 0 Å². The maximum atomic E-state index is 4.98. The average Bonchev–Trinajstić information content (AvgIpc) is 2.48. The first-order valence-corrected chi connectivity index (χ1v) is 5.16. The third-order valence-electron chi connectivity index (χ3n) is 1.33. The summed E-state index contributed by atoms with van der Waals surface area (Å²) in [6.45, 7) is 4.00. The fraction of sp³-hybridized carbons (Fsp3) is 0.222. The number of fused-ring (bicyclic) bond motifs is 1. The summed E-state index contributed by atoms with van der Waals surface area (Å²) in [6, 6.07) is 8.11. The molecular weight excluding hydrogens is 186 g/mol. The summed E-state index contributed by atoms with van der Waals surface area (Å²) in [5, 5.41) is 0. The molecule has 0 saturated carbocycles. The fourth-order valence-corrected chi connectivity index (χ4v) is 2.01. The third-order valence-corrected chi connectivity index (χ3v) is 2.54. The molecule has 2 rings (SSSR count). The Morgan fingerprint density at radius 1 is 1.25 bits per heavy atom. The van der Waals surface area contributed by atoms with Crippen molar-refractivity contribution in [3.8, 4) is 0 Å². The highest BCUT2D eigenvalue weighted by Gasteiger charge is 1.91. The lowest BCUT2D eigenvalue weighted by Gasteiger charge is -1.81. The summed E-state index contributed by atoms with van der Waals surface area (Å²) in [4.78, 5) is 3.09. The highest BCUT2D eigenvalue weighted by Crippen LogP contribution is 2.17. The molecule has 1 N–H and O–H groups in total. The number of para-hydroxylation sites is 1. The minimum absolute atomic E-state index is 0.848. The van der Waals surface area contributed by atoms with E-state index >= 15 is 0 Å². The molecule has 0 aliphatic heterocycles. The molecule has 1 aromatic heterocycles. The SMILES string of the molecule is CC.S=c1[nH]c2ccccc2s1. The molecule has 0 unspecified atom stereocenters. The number of H-pyrrole nitrogens is 1. The first kappa shape index (κ1) is 9.42. The van der Waals surface area contributed by atoms with Gasteiger partial charge in [0.25, 0.3) is 0 Å². The first-order chi connectivity index (χ1) is 5.86. The van der Waals surface area contributed by atoms with E-state index in [0.29, 0.717) is 0 Å². The highest BCUT2D eigenvalue weighted by molar-refractivity contribution is 7.73. The van der Waals surface area contributed by atoms with Crippen LogP contribution in [0.25, 0.3) is 10.2 Å². The zero-order chi connectivity index (χ0) is 8.97. The van der Waals surface area contributed by atoms with Gasteiger partial charge in [0.15, 0.2) is 3.95 Å². The number of thiazole rings is 1. The van der Waals surface area contributed by atoms with Crippen molar-refractivity contribution in [1.82, 2.24) is 4.98 Å². The summed E-state index contributed by atoms with van der Waals surface area (Å²) < 4.78 is 2.08. The van der Waals surface area contributed by atoms with E-state index in [1.807, 2.05) is 32.0 Å². The van der Waals surface area contributed by atoms with Crippen molar-refractivity contribution in [2.24, 2.45) is 0 Å². The number of benzene rings is 1. The number of aromatic amines is 1. The minimum atomic E-state index is 0.848. The Morgan fingerprint density at radius 3 is 2.58 bits per heavy atom. The van der Waals surface area contributed by atoms with E-state index in [0.717, 1.165) is 9.47 Å². The lowest BCUT2D eigenvalue weighted by atomic mass is 10.3. The highest BCUT2D eigenvalue weighted by atomic mass is 32.1. The van der Waals surface area contributed by atoms with Gasteiger partial charge in [0.05, 0.1) is 10.2 Å². The topological polar surface area (TPSA) is 15.8 Å². The number of hydrogen-bond acceptors (Lipinski definition) is 2. The quantitative estimate of drug-likeness (QED) is 0.631. The summed E-state index contributed by atoms with van der Waals surface area (Å²) in [5.74, 6) is 0. The maximum absolute atomic E-state index is 4.98. The Kier molecular flexibility index (Phi) is 3.44. The molecule has 3 heteroatoms. The van der Waals surface area contributed by atoms with Gasteiger partial charge in [-0.3, -0.25) is 0 Å². The molecule has 0 fully saturated rings. The van der Waals surface area contributed by atoms with E-state index in [1.54, 1.807) is 11.3 Å². The van der Waals surface area contributed by atoms with Crippen LogP contribution in [0.5, 0.6) is 0 Å². The van der Waals surface area contributed by atoms with Crippen LogP contribution in [0.2, 0.25) is 0 Å². The van der Waals surface area contributed by atoms with Crippen LogP contribution in [0.15, 0.2) is 24.3 Å². The molecule has 2 aromatic rings. The molecule has 64 valence electrons. The number of aromatic nitrogens is 1. The van der Waals surface area contributed by atoms with Crippen molar-refractivity contribution in [2.45, 2.75) is 13.8 Å². The monoisotopic (exact) mass is 197 g/mol. The Balaban J connectivity index is 0.000000336. The Hall–Kier alpha value is -0.670. The smallest absolute Gasteiger partial charge is 0.159 e. The summed E-state index contributed by atoms with van der Waals surface area (Å²) in [6.07, 6.45) is 0. The number of rotatable bonds is 0. The van der Waals surface area contributed by atoms with Gasteiger partial charge in [0, 0.05) is 0 Å². The van der Waals surface area contributed by atoms with Crippen molar-refractivity contribution in [3.05, 3.63) is 28.2 Å². The molecule has 0 atom stereocenters. The second kappa shape index (κ2) is 4.38. The number of nitrogens with one attached hydrogen (secondary N) is 1. The molecule has 1 aromatic carbocycles. The summed E-state index contributed by atoms with van der Waals surface area (Å²) >= 11 is 6.59. The average molecular weight is 197 g/mol. The van der Waals surface area contributed by atoms with Gasteiger partial charge in [-0.1, -0.05) is 26.0 Å². The van der Waals surface area contributed by atoms with Gasteiger partial charge in [-0.15, -0.1) is 11.3 Å². The van der Waals surface area contributed by atoms with Gasteiger partial charge in [-0.2, -0.15) is 0 Å². The molecule has 0 bridgehead atoms. The number of hydrogen-bond donors (Lipinski definition) is 1. The standard InChI is InChI=1S/C7H5NS2.C2H6/c9-7-8-5-3-1-2-4-6(5)10-7;1-2/h1-4H,(H,8,9);1-2H3. The van der Waals surface area contributed by atoms with Crippen molar-refractivity contribution in [2.75, 3.05) is 0 Å². The van der Waals surface area contributed by atoms with E-state index in [2.05, 4.69) is 11.1 Å². The third kappa shape index (κ3) is 1.93. The predicted octanol–water partition coefficient (Wildman–Crippen LogP) is 3.99. The zero-order valence-corrected chi connectivity index (χ0v) is 8.76. The van der Waals surface area contributed by atoms with Crippen LogP contribution < -0.4 is 0 Å². The summed E-state index contributed by atoms with van der Waals surface area (Å²) in [5.41, 5.74) is 1.14. The second-order valence-corrected chi connectivity index (χ2v) is 3.73. The van der Waals surface area contributed by atoms with Crippen molar-refractivity contribution in [3.63, 3.8) is 0 Å². The van der Waals surface area contributed by atoms with E-state index in [4.69, 9.17) is 12.2 Å². The van der Waals surface area contributed by atoms with Crippen LogP contribution in [-0.4, -0.2) is 4.98 Å².